The number of halogens is 1. The van der Waals surface area contributed by atoms with E-state index in [1.807, 2.05) is 31.2 Å². The van der Waals surface area contributed by atoms with Gasteiger partial charge >= 0.3 is 0 Å². The number of carbonyl (C=O) groups excluding carboxylic acids is 1. The first kappa shape index (κ1) is 17.7. The zero-order valence-electron chi connectivity index (χ0n) is 11.5. The van der Waals surface area contributed by atoms with Crippen molar-refractivity contribution >= 4 is 24.0 Å². The van der Waals surface area contributed by atoms with Gasteiger partial charge in [-0.25, -0.2) is 0 Å². The fourth-order valence-electron chi connectivity index (χ4n) is 1.42. The number of amides is 1. The van der Waals surface area contributed by atoms with Crippen LogP contribution in [0.2, 0.25) is 0 Å². The van der Waals surface area contributed by atoms with Crippen molar-refractivity contribution in [1.82, 2.24) is 0 Å². The van der Waals surface area contributed by atoms with Crippen molar-refractivity contribution in [2.75, 3.05) is 11.9 Å². The third-order valence-corrected chi connectivity index (χ3v) is 2.66. The summed E-state index contributed by atoms with van der Waals surface area (Å²) in [6, 6.07) is 7.42. The first-order valence-electron chi connectivity index (χ1n) is 6.42. The summed E-state index contributed by atoms with van der Waals surface area (Å²) in [5, 5.41) is 2.82. The van der Waals surface area contributed by atoms with Crippen LogP contribution in [0.15, 0.2) is 24.3 Å². The molecular formula is C14H23ClN2O2. The van der Waals surface area contributed by atoms with E-state index < -0.39 is 0 Å². The molecule has 3 N–H and O–H groups in total. The number of rotatable bonds is 7. The number of hydrogen-bond donors (Lipinski definition) is 2. The van der Waals surface area contributed by atoms with E-state index in [2.05, 4.69) is 12.2 Å². The molecule has 5 heteroatoms. The first-order valence-corrected chi connectivity index (χ1v) is 6.42. The fourth-order valence-corrected chi connectivity index (χ4v) is 1.42. The third kappa shape index (κ3) is 7.03. The SMILES string of the molecule is CCC(C)Oc1ccc(NC(=O)CCCN)cc1.Cl. The standard InChI is InChI=1S/C14H22N2O2.ClH/c1-3-11(2)18-13-8-6-12(7-9-13)16-14(17)5-4-10-15;/h6-9,11H,3-5,10,15H2,1-2H3,(H,16,17);1H. The summed E-state index contributed by atoms with van der Waals surface area (Å²) in [7, 11) is 0. The molecule has 0 aromatic heterocycles. The highest BCUT2D eigenvalue weighted by molar-refractivity contribution is 5.90. The summed E-state index contributed by atoms with van der Waals surface area (Å²) in [5.41, 5.74) is 6.14. The Hall–Kier alpha value is -1.26. The van der Waals surface area contributed by atoms with E-state index in [4.69, 9.17) is 10.5 Å². The van der Waals surface area contributed by atoms with Gasteiger partial charge < -0.3 is 15.8 Å². The number of nitrogens with two attached hydrogens (primary N) is 1. The molecule has 1 aromatic rings. The summed E-state index contributed by atoms with van der Waals surface area (Å²) >= 11 is 0. The van der Waals surface area contributed by atoms with Crippen molar-refractivity contribution in [2.45, 2.75) is 39.2 Å². The number of nitrogens with one attached hydrogen (secondary N) is 1. The lowest BCUT2D eigenvalue weighted by molar-refractivity contribution is -0.116. The van der Waals surface area contributed by atoms with Gasteiger partial charge in [-0.05, 0) is 50.6 Å². The summed E-state index contributed by atoms with van der Waals surface area (Å²) in [6.07, 6.45) is 2.34. The average Bonchev–Trinajstić information content (AvgIpc) is 2.38. The summed E-state index contributed by atoms with van der Waals surface area (Å²) in [4.78, 5) is 11.5. The minimum Gasteiger partial charge on any atom is -0.491 e. The maximum Gasteiger partial charge on any atom is 0.224 e. The van der Waals surface area contributed by atoms with Crippen LogP contribution >= 0.6 is 12.4 Å². The Morgan fingerprint density at radius 3 is 2.53 bits per heavy atom. The Balaban J connectivity index is 0.00000324. The molecule has 0 heterocycles. The molecule has 0 aliphatic carbocycles. The van der Waals surface area contributed by atoms with Gasteiger partial charge in [0.2, 0.25) is 5.91 Å². The second-order valence-electron chi connectivity index (χ2n) is 4.30. The minimum atomic E-state index is -0.00366. The van der Waals surface area contributed by atoms with Crippen molar-refractivity contribution in [3.05, 3.63) is 24.3 Å². The van der Waals surface area contributed by atoms with E-state index in [0.29, 0.717) is 19.4 Å². The van der Waals surface area contributed by atoms with Gasteiger partial charge in [0.15, 0.2) is 0 Å². The minimum absolute atomic E-state index is 0. The van der Waals surface area contributed by atoms with Crippen LogP contribution in [-0.2, 0) is 4.79 Å². The van der Waals surface area contributed by atoms with E-state index in [0.717, 1.165) is 17.9 Å². The quantitative estimate of drug-likeness (QED) is 0.810. The molecule has 1 aromatic carbocycles. The molecule has 0 saturated heterocycles. The molecule has 19 heavy (non-hydrogen) atoms. The van der Waals surface area contributed by atoms with E-state index in [1.54, 1.807) is 0 Å². The van der Waals surface area contributed by atoms with Gasteiger partial charge in [0, 0.05) is 12.1 Å². The first-order chi connectivity index (χ1) is 8.65. The average molecular weight is 287 g/mol. The zero-order valence-corrected chi connectivity index (χ0v) is 12.3. The van der Waals surface area contributed by atoms with Crippen LogP contribution in [0, 0.1) is 0 Å². The molecule has 0 saturated carbocycles. The third-order valence-electron chi connectivity index (χ3n) is 2.66. The van der Waals surface area contributed by atoms with Gasteiger partial charge in [0.25, 0.3) is 0 Å². The number of anilines is 1. The van der Waals surface area contributed by atoms with Crippen LogP contribution in [0.1, 0.15) is 33.1 Å². The molecule has 0 radical (unpaired) electrons. The van der Waals surface area contributed by atoms with Crippen LogP contribution in [-0.4, -0.2) is 18.6 Å². The van der Waals surface area contributed by atoms with E-state index in [-0.39, 0.29) is 24.4 Å². The van der Waals surface area contributed by atoms with Crippen LogP contribution in [0.25, 0.3) is 0 Å². The Kier molecular flexibility index (Phi) is 9.00. The van der Waals surface area contributed by atoms with Crippen molar-refractivity contribution in [2.24, 2.45) is 5.73 Å². The lowest BCUT2D eigenvalue weighted by Crippen LogP contribution is -2.13. The molecule has 1 rings (SSSR count). The highest BCUT2D eigenvalue weighted by atomic mass is 35.5. The molecule has 1 amide bonds. The highest BCUT2D eigenvalue weighted by Crippen LogP contribution is 2.17. The van der Waals surface area contributed by atoms with Gasteiger partial charge in [0.05, 0.1) is 6.10 Å². The lowest BCUT2D eigenvalue weighted by Gasteiger charge is -2.13. The molecule has 0 aliphatic heterocycles. The molecule has 0 aliphatic rings. The zero-order chi connectivity index (χ0) is 13.4. The predicted octanol–water partition coefficient (Wildman–Crippen LogP) is 2.96. The van der Waals surface area contributed by atoms with E-state index in [1.165, 1.54) is 0 Å². The normalized spacial score (nSPS) is 11.3. The molecular weight excluding hydrogens is 264 g/mol. The molecule has 0 bridgehead atoms. The van der Waals surface area contributed by atoms with Gasteiger partial charge in [0.1, 0.15) is 5.75 Å². The predicted molar refractivity (Wildman–Crippen MR) is 81.0 cm³/mol. The smallest absolute Gasteiger partial charge is 0.224 e. The molecule has 0 fully saturated rings. The van der Waals surface area contributed by atoms with Gasteiger partial charge in [-0.3, -0.25) is 4.79 Å². The molecule has 1 atom stereocenters. The Labute approximate surface area is 121 Å². The van der Waals surface area contributed by atoms with Crippen LogP contribution in [0.4, 0.5) is 5.69 Å². The monoisotopic (exact) mass is 286 g/mol. The van der Waals surface area contributed by atoms with Gasteiger partial charge in [-0.1, -0.05) is 6.92 Å². The maximum absolute atomic E-state index is 11.5. The highest BCUT2D eigenvalue weighted by Gasteiger charge is 2.03. The Morgan fingerprint density at radius 1 is 1.37 bits per heavy atom. The van der Waals surface area contributed by atoms with Crippen molar-refractivity contribution in [3.63, 3.8) is 0 Å². The van der Waals surface area contributed by atoms with Crippen LogP contribution < -0.4 is 15.8 Å². The topological polar surface area (TPSA) is 64.3 Å². The molecule has 1 unspecified atom stereocenters. The number of carbonyl (C=O) groups is 1. The molecule has 0 spiro atoms. The number of ether oxygens (including phenoxy) is 1. The van der Waals surface area contributed by atoms with Crippen LogP contribution in [0.5, 0.6) is 5.75 Å². The Bertz CT molecular complexity index is 368. The molecule has 108 valence electrons. The fraction of sp³-hybridized carbons (Fsp3) is 0.500. The lowest BCUT2D eigenvalue weighted by atomic mass is 10.2. The largest absolute Gasteiger partial charge is 0.491 e. The van der Waals surface area contributed by atoms with E-state index >= 15 is 0 Å². The van der Waals surface area contributed by atoms with Crippen molar-refractivity contribution in [1.29, 1.82) is 0 Å². The summed E-state index contributed by atoms with van der Waals surface area (Å²) in [5.74, 6) is 0.820. The van der Waals surface area contributed by atoms with Crippen molar-refractivity contribution in [3.8, 4) is 5.75 Å². The summed E-state index contributed by atoms with van der Waals surface area (Å²) in [6.45, 7) is 4.65. The summed E-state index contributed by atoms with van der Waals surface area (Å²) < 4.78 is 5.66. The van der Waals surface area contributed by atoms with Crippen molar-refractivity contribution < 1.29 is 9.53 Å². The maximum atomic E-state index is 11.5. The van der Waals surface area contributed by atoms with E-state index in [9.17, 15) is 4.79 Å². The van der Waals surface area contributed by atoms with Gasteiger partial charge in [-0.15, -0.1) is 12.4 Å². The second-order valence-corrected chi connectivity index (χ2v) is 4.30. The number of hydrogen-bond acceptors (Lipinski definition) is 3. The molecule has 4 nitrogen and oxygen atoms in total. The Morgan fingerprint density at radius 2 is 2.00 bits per heavy atom. The number of benzene rings is 1. The van der Waals surface area contributed by atoms with Crippen LogP contribution in [0.3, 0.4) is 0 Å². The van der Waals surface area contributed by atoms with Gasteiger partial charge in [-0.2, -0.15) is 0 Å². The second kappa shape index (κ2) is 9.64.